The standard InChI is InChI=1S/C14H13F4N/c1-8-6-7-11(10-5-3-2-4-9(8)10)12(19)14(17,18)13(15)16/h2-7,12-13H,19H2,1H3. The maximum atomic E-state index is 13.4. The molecule has 0 aromatic heterocycles. The van der Waals surface area contributed by atoms with Crippen LogP contribution in [0.5, 0.6) is 0 Å². The lowest BCUT2D eigenvalue weighted by molar-refractivity contribution is -0.144. The number of rotatable bonds is 3. The molecular formula is C14H13F4N. The molecule has 2 aromatic carbocycles. The van der Waals surface area contributed by atoms with Crippen molar-refractivity contribution >= 4 is 10.8 Å². The summed E-state index contributed by atoms with van der Waals surface area (Å²) >= 11 is 0. The quantitative estimate of drug-likeness (QED) is 0.837. The lowest BCUT2D eigenvalue weighted by Gasteiger charge is -2.24. The van der Waals surface area contributed by atoms with Gasteiger partial charge in [-0.25, -0.2) is 8.78 Å². The Kier molecular flexibility index (Phi) is 3.49. The normalized spacial score (nSPS) is 14.1. The highest BCUT2D eigenvalue weighted by Crippen LogP contribution is 2.38. The van der Waals surface area contributed by atoms with Crippen molar-refractivity contribution in [3.05, 3.63) is 47.5 Å². The van der Waals surface area contributed by atoms with Crippen molar-refractivity contribution in [2.24, 2.45) is 5.73 Å². The molecule has 0 aliphatic carbocycles. The van der Waals surface area contributed by atoms with Crippen LogP contribution in [-0.2, 0) is 0 Å². The average molecular weight is 271 g/mol. The zero-order chi connectivity index (χ0) is 14.2. The van der Waals surface area contributed by atoms with Crippen LogP contribution in [0.4, 0.5) is 17.6 Å². The second kappa shape index (κ2) is 4.81. The molecule has 0 amide bonds. The van der Waals surface area contributed by atoms with E-state index in [1.165, 1.54) is 6.07 Å². The van der Waals surface area contributed by atoms with Gasteiger partial charge >= 0.3 is 12.3 Å². The number of aryl methyl sites for hydroxylation is 1. The van der Waals surface area contributed by atoms with Gasteiger partial charge in [0, 0.05) is 0 Å². The smallest absolute Gasteiger partial charge is 0.319 e. The molecule has 1 unspecified atom stereocenters. The van der Waals surface area contributed by atoms with E-state index in [9.17, 15) is 17.6 Å². The van der Waals surface area contributed by atoms with Gasteiger partial charge in [0.2, 0.25) is 0 Å². The van der Waals surface area contributed by atoms with Gasteiger partial charge < -0.3 is 5.73 Å². The van der Waals surface area contributed by atoms with Crippen LogP contribution in [0.1, 0.15) is 17.2 Å². The summed E-state index contributed by atoms with van der Waals surface area (Å²) in [4.78, 5) is 0. The minimum atomic E-state index is -4.25. The van der Waals surface area contributed by atoms with E-state index >= 15 is 0 Å². The van der Waals surface area contributed by atoms with E-state index in [0.29, 0.717) is 5.39 Å². The van der Waals surface area contributed by atoms with Gasteiger partial charge in [0.15, 0.2) is 0 Å². The molecule has 2 aromatic rings. The van der Waals surface area contributed by atoms with E-state index in [-0.39, 0.29) is 5.56 Å². The molecule has 0 spiro atoms. The Morgan fingerprint density at radius 2 is 1.58 bits per heavy atom. The topological polar surface area (TPSA) is 26.0 Å². The van der Waals surface area contributed by atoms with Crippen molar-refractivity contribution in [1.29, 1.82) is 0 Å². The van der Waals surface area contributed by atoms with Gasteiger partial charge in [-0.05, 0) is 28.8 Å². The van der Waals surface area contributed by atoms with Crippen LogP contribution in [0.3, 0.4) is 0 Å². The van der Waals surface area contributed by atoms with Gasteiger partial charge in [-0.15, -0.1) is 0 Å². The number of hydrogen-bond acceptors (Lipinski definition) is 1. The first-order chi connectivity index (χ1) is 8.85. The Morgan fingerprint density at radius 1 is 1.00 bits per heavy atom. The Hall–Kier alpha value is -1.62. The largest absolute Gasteiger partial charge is 0.326 e. The fraction of sp³-hybridized carbons (Fsp3) is 0.286. The number of benzene rings is 2. The van der Waals surface area contributed by atoms with E-state index in [2.05, 4.69) is 0 Å². The molecule has 5 heteroatoms. The van der Waals surface area contributed by atoms with E-state index in [0.717, 1.165) is 10.9 Å². The summed E-state index contributed by atoms with van der Waals surface area (Å²) in [5.74, 6) is -4.25. The first kappa shape index (κ1) is 13.8. The van der Waals surface area contributed by atoms with Gasteiger partial charge in [-0.3, -0.25) is 0 Å². The molecule has 0 aliphatic heterocycles. The number of alkyl halides is 4. The summed E-state index contributed by atoms with van der Waals surface area (Å²) in [6.45, 7) is 1.82. The van der Waals surface area contributed by atoms with Crippen molar-refractivity contribution in [1.82, 2.24) is 0 Å². The molecule has 0 aliphatic rings. The molecule has 2 N–H and O–H groups in total. The zero-order valence-corrected chi connectivity index (χ0v) is 10.2. The first-order valence-corrected chi connectivity index (χ1v) is 5.75. The fourth-order valence-corrected chi connectivity index (χ4v) is 2.09. The number of halogens is 4. The molecule has 1 nitrogen and oxygen atoms in total. The second-order valence-electron chi connectivity index (χ2n) is 4.47. The minimum Gasteiger partial charge on any atom is -0.319 e. The molecule has 0 bridgehead atoms. The van der Waals surface area contributed by atoms with Crippen LogP contribution in [-0.4, -0.2) is 12.3 Å². The van der Waals surface area contributed by atoms with Crippen LogP contribution in [0.25, 0.3) is 10.8 Å². The van der Waals surface area contributed by atoms with E-state index in [1.807, 2.05) is 6.92 Å². The molecule has 0 heterocycles. The number of nitrogens with two attached hydrogens (primary N) is 1. The Labute approximate surface area is 108 Å². The van der Waals surface area contributed by atoms with Crippen LogP contribution in [0, 0.1) is 6.92 Å². The SMILES string of the molecule is Cc1ccc(C(N)C(F)(F)C(F)F)c2ccccc12. The Bertz CT molecular complexity index is 595. The third kappa shape index (κ3) is 2.30. The van der Waals surface area contributed by atoms with E-state index in [1.54, 1.807) is 30.3 Å². The van der Waals surface area contributed by atoms with Gasteiger partial charge in [0.25, 0.3) is 0 Å². The molecule has 19 heavy (non-hydrogen) atoms. The maximum Gasteiger partial charge on any atom is 0.326 e. The van der Waals surface area contributed by atoms with Crippen LogP contribution in [0.15, 0.2) is 36.4 Å². The molecule has 0 radical (unpaired) electrons. The van der Waals surface area contributed by atoms with Crippen LogP contribution in [0.2, 0.25) is 0 Å². The predicted octanol–water partition coefficient (Wildman–Crippen LogP) is 4.05. The molecular weight excluding hydrogens is 258 g/mol. The monoisotopic (exact) mass is 271 g/mol. The van der Waals surface area contributed by atoms with Crippen molar-refractivity contribution in [2.45, 2.75) is 25.3 Å². The fourth-order valence-electron chi connectivity index (χ4n) is 2.09. The summed E-state index contributed by atoms with van der Waals surface area (Å²) in [7, 11) is 0. The highest BCUT2D eigenvalue weighted by molar-refractivity contribution is 5.89. The van der Waals surface area contributed by atoms with Crippen LogP contribution < -0.4 is 5.73 Å². The zero-order valence-electron chi connectivity index (χ0n) is 10.2. The van der Waals surface area contributed by atoms with Crippen molar-refractivity contribution in [3.8, 4) is 0 Å². The molecule has 102 valence electrons. The molecule has 0 fully saturated rings. The summed E-state index contributed by atoms with van der Waals surface area (Å²) in [6.07, 6.45) is -3.79. The lowest BCUT2D eigenvalue weighted by atomic mass is 9.93. The average Bonchev–Trinajstić information content (AvgIpc) is 2.38. The van der Waals surface area contributed by atoms with Crippen molar-refractivity contribution < 1.29 is 17.6 Å². The third-order valence-corrected chi connectivity index (χ3v) is 3.22. The summed E-state index contributed by atoms with van der Waals surface area (Å²) in [5.41, 5.74) is 6.28. The van der Waals surface area contributed by atoms with E-state index < -0.39 is 18.4 Å². The lowest BCUT2D eigenvalue weighted by Crippen LogP contribution is -2.39. The van der Waals surface area contributed by atoms with Gasteiger partial charge in [-0.2, -0.15) is 8.78 Å². The van der Waals surface area contributed by atoms with Gasteiger partial charge in [-0.1, -0.05) is 36.4 Å². The predicted molar refractivity (Wildman–Crippen MR) is 66.6 cm³/mol. The number of fused-ring (bicyclic) bond motifs is 1. The highest BCUT2D eigenvalue weighted by Gasteiger charge is 2.48. The molecule has 1 atom stereocenters. The summed E-state index contributed by atoms with van der Waals surface area (Å²) in [5, 5.41) is 1.22. The van der Waals surface area contributed by atoms with Crippen molar-refractivity contribution in [2.75, 3.05) is 0 Å². The van der Waals surface area contributed by atoms with Crippen molar-refractivity contribution in [3.63, 3.8) is 0 Å². The Balaban J connectivity index is 2.61. The Morgan fingerprint density at radius 3 is 2.16 bits per heavy atom. The molecule has 0 saturated heterocycles. The van der Waals surface area contributed by atoms with Gasteiger partial charge in [0.1, 0.15) is 6.04 Å². The van der Waals surface area contributed by atoms with E-state index in [4.69, 9.17) is 5.73 Å². The van der Waals surface area contributed by atoms with Gasteiger partial charge in [0.05, 0.1) is 0 Å². The van der Waals surface area contributed by atoms with Crippen LogP contribution >= 0.6 is 0 Å². The maximum absolute atomic E-state index is 13.4. The summed E-state index contributed by atoms with van der Waals surface area (Å²) in [6, 6.07) is 7.75. The minimum absolute atomic E-state index is 0.0338. The third-order valence-electron chi connectivity index (χ3n) is 3.22. The molecule has 2 rings (SSSR count). The highest BCUT2D eigenvalue weighted by atomic mass is 19.3. The second-order valence-corrected chi connectivity index (χ2v) is 4.47. The molecule has 0 saturated carbocycles. The summed E-state index contributed by atoms with van der Waals surface area (Å²) < 4.78 is 51.6. The number of hydrogen-bond donors (Lipinski definition) is 1. The first-order valence-electron chi connectivity index (χ1n) is 5.75.